The van der Waals surface area contributed by atoms with Gasteiger partial charge in [0.2, 0.25) is 6.79 Å². The van der Waals surface area contributed by atoms with Crippen LogP contribution in [0.4, 0.5) is 10.5 Å². The number of fused-ring (bicyclic) bond motifs is 1. The molecule has 0 saturated carbocycles. The number of carbonyl (C=O) groups is 2. The van der Waals surface area contributed by atoms with Crippen LogP contribution in [-0.4, -0.2) is 29.5 Å². The molecule has 2 amide bonds. The highest BCUT2D eigenvalue weighted by Crippen LogP contribution is 2.36. The fourth-order valence-electron chi connectivity index (χ4n) is 2.88. The number of hydrogen-bond donors (Lipinski definition) is 1. The minimum atomic E-state index is -0.305. The normalized spacial score (nSPS) is 17.1. The standard InChI is InChI=1S/C20H18N2O4S/c1-12-3-4-13(2)15(7-12)21-10-22-19(23)18(27-20(22)24)9-14-5-6-16-17(8-14)26-11-25-16/h3-9,21H,10-11H2,1-2H3. The molecule has 7 heteroatoms. The first-order chi connectivity index (χ1) is 13.0. The van der Waals surface area contributed by atoms with Crippen LogP contribution in [-0.2, 0) is 4.79 Å². The molecule has 0 aromatic heterocycles. The molecule has 0 radical (unpaired) electrons. The molecule has 0 bridgehead atoms. The zero-order chi connectivity index (χ0) is 19.0. The van der Waals surface area contributed by atoms with E-state index in [1.807, 2.05) is 38.1 Å². The minimum absolute atomic E-state index is 0.132. The number of amides is 2. The van der Waals surface area contributed by atoms with E-state index in [1.165, 1.54) is 4.90 Å². The Morgan fingerprint density at radius 3 is 2.78 bits per heavy atom. The fraction of sp³-hybridized carbons (Fsp3) is 0.200. The number of ether oxygens (including phenoxy) is 2. The van der Waals surface area contributed by atoms with E-state index in [0.29, 0.717) is 16.4 Å². The third-order valence-corrected chi connectivity index (χ3v) is 5.30. The Bertz CT molecular complexity index is 970. The van der Waals surface area contributed by atoms with Gasteiger partial charge < -0.3 is 14.8 Å². The average molecular weight is 382 g/mol. The second-order valence-corrected chi connectivity index (χ2v) is 7.37. The number of nitrogens with zero attached hydrogens (tertiary/aromatic N) is 1. The zero-order valence-corrected chi connectivity index (χ0v) is 15.8. The first-order valence-corrected chi connectivity index (χ1v) is 9.29. The summed E-state index contributed by atoms with van der Waals surface area (Å²) in [5.41, 5.74) is 3.87. The lowest BCUT2D eigenvalue weighted by molar-refractivity contribution is -0.122. The van der Waals surface area contributed by atoms with Crippen LogP contribution in [0.5, 0.6) is 11.5 Å². The summed E-state index contributed by atoms with van der Waals surface area (Å²) in [6.07, 6.45) is 1.70. The van der Waals surface area contributed by atoms with Crippen LogP contribution in [0.2, 0.25) is 0 Å². The molecule has 27 heavy (non-hydrogen) atoms. The predicted octanol–water partition coefficient (Wildman–Crippen LogP) is 4.14. The van der Waals surface area contributed by atoms with E-state index in [0.717, 1.165) is 34.1 Å². The second-order valence-electron chi connectivity index (χ2n) is 6.38. The van der Waals surface area contributed by atoms with Crippen molar-refractivity contribution in [1.29, 1.82) is 0 Å². The molecule has 1 saturated heterocycles. The molecule has 2 heterocycles. The Kier molecular flexibility index (Phi) is 4.53. The zero-order valence-electron chi connectivity index (χ0n) is 14.9. The monoisotopic (exact) mass is 382 g/mol. The fourth-order valence-corrected chi connectivity index (χ4v) is 3.72. The van der Waals surface area contributed by atoms with E-state index < -0.39 is 0 Å². The maximum absolute atomic E-state index is 12.6. The maximum atomic E-state index is 12.6. The third-order valence-electron chi connectivity index (χ3n) is 4.39. The largest absolute Gasteiger partial charge is 0.454 e. The smallest absolute Gasteiger partial charge is 0.295 e. The van der Waals surface area contributed by atoms with Gasteiger partial charge in [-0.25, -0.2) is 0 Å². The molecule has 2 aromatic carbocycles. The summed E-state index contributed by atoms with van der Waals surface area (Å²) in [6.45, 7) is 4.31. The van der Waals surface area contributed by atoms with Crippen molar-refractivity contribution in [3.63, 3.8) is 0 Å². The van der Waals surface area contributed by atoms with Crippen LogP contribution in [0.15, 0.2) is 41.3 Å². The van der Waals surface area contributed by atoms with Crippen LogP contribution in [0.3, 0.4) is 0 Å². The number of nitrogens with one attached hydrogen (secondary N) is 1. The van der Waals surface area contributed by atoms with E-state index in [4.69, 9.17) is 9.47 Å². The summed E-state index contributed by atoms with van der Waals surface area (Å²) in [5, 5.41) is 2.89. The Balaban J connectivity index is 1.49. The van der Waals surface area contributed by atoms with Gasteiger partial charge in [-0.3, -0.25) is 14.5 Å². The number of thioether (sulfide) groups is 1. The van der Waals surface area contributed by atoms with E-state index in [9.17, 15) is 9.59 Å². The van der Waals surface area contributed by atoms with E-state index >= 15 is 0 Å². The highest BCUT2D eigenvalue weighted by molar-refractivity contribution is 8.18. The quantitative estimate of drug-likeness (QED) is 0.802. The molecular weight excluding hydrogens is 364 g/mol. The van der Waals surface area contributed by atoms with Crippen molar-refractivity contribution >= 4 is 34.7 Å². The second kappa shape index (κ2) is 7.00. The number of carbonyl (C=O) groups excluding carboxylic acids is 2. The highest BCUT2D eigenvalue weighted by Gasteiger charge is 2.35. The maximum Gasteiger partial charge on any atom is 0.295 e. The summed E-state index contributed by atoms with van der Waals surface area (Å²) in [6, 6.07) is 11.4. The molecule has 2 aliphatic rings. The van der Waals surface area contributed by atoms with Crippen molar-refractivity contribution in [3.05, 3.63) is 58.0 Å². The number of aryl methyl sites for hydroxylation is 2. The first kappa shape index (κ1) is 17.5. The molecule has 4 rings (SSSR count). The lowest BCUT2D eigenvalue weighted by Gasteiger charge is -2.16. The number of rotatable bonds is 4. The summed E-state index contributed by atoms with van der Waals surface area (Å²) in [5.74, 6) is 1.01. The van der Waals surface area contributed by atoms with E-state index in [-0.39, 0.29) is 24.6 Å². The van der Waals surface area contributed by atoms with E-state index in [1.54, 1.807) is 18.2 Å². The molecule has 0 unspecified atom stereocenters. The van der Waals surface area contributed by atoms with Gasteiger partial charge >= 0.3 is 0 Å². The van der Waals surface area contributed by atoms with Gasteiger partial charge in [-0.15, -0.1) is 0 Å². The Morgan fingerprint density at radius 2 is 1.93 bits per heavy atom. The number of imide groups is 1. The molecule has 138 valence electrons. The number of anilines is 1. The Labute approximate surface area is 161 Å². The van der Waals surface area contributed by atoms with Gasteiger partial charge in [0.15, 0.2) is 11.5 Å². The van der Waals surface area contributed by atoms with Gasteiger partial charge in [0.25, 0.3) is 11.1 Å². The average Bonchev–Trinajstić information content (AvgIpc) is 3.21. The highest BCUT2D eigenvalue weighted by atomic mass is 32.2. The van der Waals surface area contributed by atoms with Crippen LogP contribution >= 0.6 is 11.8 Å². The van der Waals surface area contributed by atoms with Crippen molar-refractivity contribution in [2.24, 2.45) is 0 Å². The van der Waals surface area contributed by atoms with Crippen molar-refractivity contribution in [3.8, 4) is 11.5 Å². The number of benzene rings is 2. The van der Waals surface area contributed by atoms with Crippen molar-refractivity contribution in [2.45, 2.75) is 13.8 Å². The van der Waals surface area contributed by atoms with Gasteiger partial charge in [-0.2, -0.15) is 0 Å². The molecule has 1 N–H and O–H groups in total. The van der Waals surface area contributed by atoms with Gasteiger partial charge in [0, 0.05) is 5.69 Å². The molecule has 1 fully saturated rings. The molecule has 2 aromatic rings. The van der Waals surface area contributed by atoms with Gasteiger partial charge in [-0.05, 0) is 66.6 Å². The first-order valence-electron chi connectivity index (χ1n) is 8.47. The van der Waals surface area contributed by atoms with Crippen LogP contribution in [0, 0.1) is 13.8 Å². The van der Waals surface area contributed by atoms with Crippen LogP contribution in [0.1, 0.15) is 16.7 Å². The Hall–Kier alpha value is -2.93. The van der Waals surface area contributed by atoms with Crippen molar-refractivity contribution < 1.29 is 19.1 Å². The van der Waals surface area contributed by atoms with Gasteiger partial charge in [-0.1, -0.05) is 18.2 Å². The summed E-state index contributed by atoms with van der Waals surface area (Å²) < 4.78 is 10.6. The molecular formula is C20H18N2O4S. The molecule has 6 nitrogen and oxygen atoms in total. The third kappa shape index (κ3) is 3.50. The number of hydrogen-bond acceptors (Lipinski definition) is 6. The van der Waals surface area contributed by atoms with Crippen LogP contribution < -0.4 is 14.8 Å². The summed E-state index contributed by atoms with van der Waals surface area (Å²) >= 11 is 0.939. The summed E-state index contributed by atoms with van der Waals surface area (Å²) in [4.78, 5) is 26.5. The van der Waals surface area contributed by atoms with Crippen molar-refractivity contribution in [1.82, 2.24) is 4.90 Å². The summed E-state index contributed by atoms with van der Waals surface area (Å²) in [7, 11) is 0. The van der Waals surface area contributed by atoms with Gasteiger partial charge in [0.05, 0.1) is 11.6 Å². The lowest BCUT2D eigenvalue weighted by atomic mass is 10.1. The van der Waals surface area contributed by atoms with Crippen LogP contribution in [0.25, 0.3) is 6.08 Å². The van der Waals surface area contributed by atoms with Gasteiger partial charge in [0.1, 0.15) is 0 Å². The molecule has 0 spiro atoms. The molecule has 2 aliphatic heterocycles. The topological polar surface area (TPSA) is 67.9 Å². The Morgan fingerprint density at radius 1 is 1.11 bits per heavy atom. The SMILES string of the molecule is Cc1ccc(C)c(NCN2C(=O)SC(=Cc3ccc4c(c3)OCO4)C2=O)c1. The molecule has 0 aliphatic carbocycles. The van der Waals surface area contributed by atoms with Crippen molar-refractivity contribution in [2.75, 3.05) is 18.8 Å². The predicted molar refractivity (Wildman–Crippen MR) is 105 cm³/mol. The lowest BCUT2D eigenvalue weighted by Crippen LogP contribution is -2.33. The molecule has 0 atom stereocenters. The minimum Gasteiger partial charge on any atom is -0.454 e. The van der Waals surface area contributed by atoms with E-state index in [2.05, 4.69) is 5.32 Å².